The summed E-state index contributed by atoms with van der Waals surface area (Å²) in [4.78, 5) is 45.5. The number of urea groups is 1. The van der Waals surface area contributed by atoms with Crippen molar-refractivity contribution in [1.82, 2.24) is 9.80 Å². The molecule has 1 fully saturated rings. The average Bonchev–Trinajstić information content (AvgIpc) is 2.58. The van der Waals surface area contributed by atoms with Crippen molar-refractivity contribution in [2.24, 2.45) is 16.6 Å². The molecule has 2 aliphatic heterocycles. The third kappa shape index (κ3) is 2.47. The van der Waals surface area contributed by atoms with E-state index in [2.05, 4.69) is 9.98 Å². The molecule has 0 aliphatic carbocycles. The molecule has 122 valence electrons. The average molecular weight is 326 g/mol. The quantitative estimate of drug-likeness (QED) is 0.727. The van der Waals surface area contributed by atoms with E-state index >= 15 is 0 Å². The van der Waals surface area contributed by atoms with Gasteiger partial charge in [-0.2, -0.15) is 4.90 Å². The zero-order valence-corrected chi connectivity index (χ0v) is 13.2. The maximum atomic E-state index is 12.5. The van der Waals surface area contributed by atoms with E-state index in [1.165, 1.54) is 11.9 Å². The minimum Gasteiger partial charge on any atom is -0.366 e. The number of carbonyl (C=O) groups excluding carboxylic acids is 3. The van der Waals surface area contributed by atoms with Crippen LogP contribution in [0, 0.1) is 5.92 Å². The van der Waals surface area contributed by atoms with Gasteiger partial charge in [-0.15, -0.1) is 0 Å². The number of nitrogens with zero attached hydrogens (tertiary/aromatic N) is 3. The number of benzene rings is 1. The Morgan fingerprint density at radius 1 is 1.17 bits per heavy atom. The summed E-state index contributed by atoms with van der Waals surface area (Å²) < 4.78 is 0. The van der Waals surface area contributed by atoms with Crippen LogP contribution in [0.3, 0.4) is 0 Å². The molecule has 1 aromatic carbocycles. The minimum absolute atomic E-state index is 0.350. The van der Waals surface area contributed by atoms with E-state index in [4.69, 9.17) is 5.73 Å². The Morgan fingerprint density at radius 2 is 1.83 bits per heavy atom. The zero-order chi connectivity index (χ0) is 17.4. The van der Waals surface area contributed by atoms with E-state index < -0.39 is 17.9 Å². The van der Waals surface area contributed by atoms with Gasteiger partial charge in [0.05, 0.1) is 24.6 Å². The molecule has 2 aliphatic rings. The summed E-state index contributed by atoms with van der Waals surface area (Å²) >= 11 is 0. The van der Waals surface area contributed by atoms with Crippen LogP contribution in [0.5, 0.6) is 0 Å². The predicted molar refractivity (Wildman–Crippen MR) is 86.6 cm³/mol. The number of nitrogens with two attached hydrogens (primary N) is 1. The van der Waals surface area contributed by atoms with Crippen molar-refractivity contribution in [2.45, 2.75) is 0 Å². The van der Waals surface area contributed by atoms with Crippen LogP contribution in [0.4, 0.5) is 10.5 Å². The second-order valence-corrected chi connectivity index (χ2v) is 5.48. The molecule has 8 nitrogen and oxygen atoms in total. The normalized spacial score (nSPS) is 21.8. The fourth-order valence-corrected chi connectivity index (χ4v) is 2.63. The fraction of sp³-hybridized carbons (Fsp3) is 0.188. The van der Waals surface area contributed by atoms with Crippen LogP contribution in [-0.2, 0) is 4.79 Å². The molecule has 4 amide bonds. The highest BCUT2D eigenvalue weighted by Crippen LogP contribution is 2.21. The van der Waals surface area contributed by atoms with E-state index in [1.807, 2.05) is 0 Å². The van der Waals surface area contributed by atoms with Crippen LogP contribution in [0.1, 0.15) is 10.4 Å². The molecule has 3 rings (SSSR count). The second kappa shape index (κ2) is 5.73. The van der Waals surface area contributed by atoms with E-state index in [0.717, 1.165) is 4.90 Å². The third-order valence-corrected chi connectivity index (χ3v) is 3.98. The number of primary amides is 1. The first-order chi connectivity index (χ1) is 11.4. The Hall–Kier alpha value is -3.29. The van der Waals surface area contributed by atoms with Crippen molar-refractivity contribution < 1.29 is 19.4 Å². The lowest BCUT2D eigenvalue weighted by molar-refractivity contribution is -0.382. The van der Waals surface area contributed by atoms with E-state index in [1.54, 1.807) is 43.6 Å². The van der Waals surface area contributed by atoms with Gasteiger partial charge < -0.3 is 5.73 Å². The zero-order valence-electron chi connectivity index (χ0n) is 13.2. The standard InChI is InChI=1S/C16H15N5O3/c1-20-14-12(15(23)21(2)16(20)24)11(7-8-18-14)19-10-5-3-9(4-6-10)13(17)22/h3-8,12H,1-2H3,(H2,17,22)/p+1. The molecule has 24 heavy (non-hydrogen) atoms. The summed E-state index contributed by atoms with van der Waals surface area (Å²) in [7, 11) is 3.04. The Labute approximate surface area is 138 Å². The van der Waals surface area contributed by atoms with Crippen LogP contribution in [0.15, 0.2) is 41.5 Å². The van der Waals surface area contributed by atoms with Gasteiger partial charge in [-0.3, -0.25) is 14.6 Å². The lowest BCUT2D eigenvalue weighted by Gasteiger charge is -2.31. The SMILES string of the molecule is CN1C(=O)C2C(=Nc3ccc(C(N)=O)cc3)C=C[NH+]=C2N(C)C1=O. The van der Waals surface area contributed by atoms with Gasteiger partial charge in [-0.05, 0) is 24.3 Å². The molecule has 0 bridgehead atoms. The molecule has 3 N–H and O–H groups in total. The number of imide groups is 1. The second-order valence-electron chi connectivity index (χ2n) is 5.48. The minimum atomic E-state index is -0.682. The van der Waals surface area contributed by atoms with Crippen molar-refractivity contribution in [1.29, 1.82) is 0 Å². The molecule has 2 heterocycles. The van der Waals surface area contributed by atoms with Gasteiger partial charge in [0.1, 0.15) is 0 Å². The highest BCUT2D eigenvalue weighted by atomic mass is 16.2. The number of nitrogens with one attached hydrogen (secondary N) is 1. The number of rotatable bonds is 2. The summed E-state index contributed by atoms with van der Waals surface area (Å²) in [5.74, 6) is -1.08. The topological polar surface area (TPSA) is 110 Å². The van der Waals surface area contributed by atoms with Crippen molar-refractivity contribution >= 4 is 35.1 Å². The maximum Gasteiger partial charge on any atom is 0.417 e. The van der Waals surface area contributed by atoms with Gasteiger partial charge in [0, 0.05) is 18.7 Å². The molecule has 1 aromatic rings. The first kappa shape index (κ1) is 15.6. The van der Waals surface area contributed by atoms with E-state index in [9.17, 15) is 14.4 Å². The van der Waals surface area contributed by atoms with Crippen molar-refractivity contribution in [3.8, 4) is 0 Å². The molecule has 0 aromatic heterocycles. The van der Waals surface area contributed by atoms with Crippen molar-refractivity contribution in [3.63, 3.8) is 0 Å². The van der Waals surface area contributed by atoms with Gasteiger partial charge >= 0.3 is 6.03 Å². The number of allylic oxidation sites excluding steroid dienone is 1. The van der Waals surface area contributed by atoms with Crippen molar-refractivity contribution in [3.05, 3.63) is 42.1 Å². The Balaban J connectivity index is 1.98. The molecule has 0 radical (unpaired) electrons. The van der Waals surface area contributed by atoms with Crippen LogP contribution in [0.25, 0.3) is 0 Å². The lowest BCUT2D eigenvalue weighted by atomic mass is 9.95. The Kier molecular flexibility index (Phi) is 3.72. The molecule has 8 heteroatoms. The Morgan fingerprint density at radius 3 is 2.46 bits per heavy atom. The summed E-state index contributed by atoms with van der Waals surface area (Å²) in [6.07, 6.45) is 3.32. The first-order valence-electron chi connectivity index (χ1n) is 7.24. The summed E-state index contributed by atoms with van der Waals surface area (Å²) in [5.41, 5.74) is 6.68. The highest BCUT2D eigenvalue weighted by molar-refractivity contribution is 6.30. The van der Waals surface area contributed by atoms with Gasteiger partial charge in [0.2, 0.25) is 5.91 Å². The summed E-state index contributed by atoms with van der Waals surface area (Å²) in [5, 5.41) is 0. The number of amidine groups is 1. The molecule has 0 saturated carbocycles. The van der Waals surface area contributed by atoms with Gasteiger partial charge in [-0.25, -0.2) is 14.7 Å². The van der Waals surface area contributed by atoms with Crippen LogP contribution >= 0.6 is 0 Å². The molecule has 0 spiro atoms. The number of aliphatic imine (C=N–C) groups is 1. The molecule has 1 atom stereocenters. The van der Waals surface area contributed by atoms with Crippen molar-refractivity contribution in [2.75, 3.05) is 14.1 Å². The van der Waals surface area contributed by atoms with E-state index in [0.29, 0.717) is 22.8 Å². The van der Waals surface area contributed by atoms with Gasteiger partial charge in [-0.1, -0.05) is 0 Å². The fourth-order valence-electron chi connectivity index (χ4n) is 2.63. The molecular formula is C16H16N5O3+. The number of hydrogen-bond acceptors (Lipinski definition) is 4. The Bertz CT molecular complexity index is 823. The number of carbonyl (C=O) groups is 3. The number of amides is 4. The summed E-state index contributed by atoms with van der Waals surface area (Å²) in [6, 6.07) is 6.03. The van der Waals surface area contributed by atoms with E-state index in [-0.39, 0.29) is 5.91 Å². The molecule has 1 saturated heterocycles. The smallest absolute Gasteiger partial charge is 0.366 e. The summed E-state index contributed by atoms with van der Waals surface area (Å²) in [6.45, 7) is 0. The number of hydrogen-bond donors (Lipinski definition) is 2. The predicted octanol–water partition coefficient (Wildman–Crippen LogP) is -0.996. The third-order valence-electron chi connectivity index (χ3n) is 3.98. The molecule has 1 unspecified atom stereocenters. The van der Waals surface area contributed by atoms with Crippen LogP contribution in [-0.4, -0.2) is 53.3 Å². The highest BCUT2D eigenvalue weighted by Gasteiger charge is 2.49. The van der Waals surface area contributed by atoms with Gasteiger partial charge in [0.15, 0.2) is 5.92 Å². The monoisotopic (exact) mass is 326 g/mol. The lowest BCUT2D eigenvalue weighted by Crippen LogP contribution is -2.79. The van der Waals surface area contributed by atoms with Crippen LogP contribution in [0.2, 0.25) is 0 Å². The first-order valence-corrected chi connectivity index (χ1v) is 7.24. The number of fused-ring (bicyclic) bond motifs is 1. The molecular weight excluding hydrogens is 310 g/mol. The van der Waals surface area contributed by atoms with Crippen LogP contribution < -0.4 is 10.7 Å². The maximum absolute atomic E-state index is 12.5. The van der Waals surface area contributed by atoms with Gasteiger partial charge in [0.25, 0.3) is 11.7 Å². The largest absolute Gasteiger partial charge is 0.417 e.